The van der Waals surface area contributed by atoms with E-state index in [9.17, 15) is 23.3 Å². The third-order valence-electron chi connectivity index (χ3n) is 8.80. The number of aryl methyl sites for hydroxylation is 1. The van der Waals surface area contributed by atoms with Gasteiger partial charge in [0.25, 0.3) is 0 Å². The van der Waals surface area contributed by atoms with Crippen LogP contribution in [0.4, 0.5) is 24.7 Å². The van der Waals surface area contributed by atoms with E-state index in [1.807, 2.05) is 12.1 Å². The maximum absolute atomic E-state index is 12.8. The van der Waals surface area contributed by atoms with E-state index in [0.29, 0.717) is 32.0 Å². The Labute approximate surface area is 254 Å². The van der Waals surface area contributed by atoms with Crippen LogP contribution in [-0.2, 0) is 19.3 Å². The third kappa shape index (κ3) is 7.44. The van der Waals surface area contributed by atoms with Crippen LogP contribution in [0.5, 0.6) is 11.8 Å². The lowest BCUT2D eigenvalue weighted by Crippen LogP contribution is -2.48. The summed E-state index contributed by atoms with van der Waals surface area (Å²) in [6.07, 6.45) is -0.215. The van der Waals surface area contributed by atoms with Gasteiger partial charge in [-0.1, -0.05) is 12.1 Å². The first-order chi connectivity index (χ1) is 21.2. The van der Waals surface area contributed by atoms with E-state index in [2.05, 4.69) is 31.8 Å². The van der Waals surface area contributed by atoms with Crippen molar-refractivity contribution in [3.05, 3.63) is 76.0 Å². The van der Waals surface area contributed by atoms with Gasteiger partial charge in [0.05, 0.1) is 5.56 Å². The number of ether oxygens (including phenoxy) is 2. The van der Waals surface area contributed by atoms with E-state index < -0.39 is 16.7 Å². The van der Waals surface area contributed by atoms with E-state index in [-0.39, 0.29) is 17.9 Å². The van der Waals surface area contributed by atoms with Crippen LogP contribution in [0.1, 0.15) is 30.4 Å². The smallest absolute Gasteiger partial charge is 0.416 e. The SMILES string of the molecule is O=[N+]([O-])c1cn2c(n1)OC(COc1ccc(N3CCN(CC4CCN(Cc5ccc(C(F)(F)F)cc5)CC4)CC3)cc1)CC2. The summed E-state index contributed by atoms with van der Waals surface area (Å²) < 4.78 is 51.9. The predicted octanol–water partition coefficient (Wildman–Crippen LogP) is 5.07. The molecule has 6 rings (SSSR count). The minimum atomic E-state index is -4.29. The number of alkyl halides is 3. The molecule has 1 unspecified atom stereocenters. The average molecular weight is 615 g/mol. The van der Waals surface area contributed by atoms with E-state index in [1.165, 1.54) is 18.3 Å². The number of anilines is 1. The van der Waals surface area contributed by atoms with E-state index in [0.717, 1.165) is 75.7 Å². The summed E-state index contributed by atoms with van der Waals surface area (Å²) in [6.45, 7) is 8.61. The van der Waals surface area contributed by atoms with Crippen molar-refractivity contribution in [1.82, 2.24) is 19.4 Å². The van der Waals surface area contributed by atoms with Crippen LogP contribution in [0.2, 0.25) is 0 Å². The molecule has 0 saturated carbocycles. The molecule has 3 aromatic rings. The Hall–Kier alpha value is -3.84. The summed E-state index contributed by atoms with van der Waals surface area (Å²) >= 11 is 0. The Balaban J connectivity index is 0.889. The van der Waals surface area contributed by atoms with Crippen molar-refractivity contribution in [2.45, 2.75) is 44.6 Å². The first kappa shape index (κ1) is 30.2. The standard InChI is InChI=1S/C31H37F3N6O4/c32-31(33,34)25-3-1-23(2-4-25)19-36-12-9-24(10-13-36)20-37-15-17-38(18-16-37)26-5-7-27(8-6-26)43-22-28-11-14-39-21-29(40(41)42)35-30(39)44-28/h1-8,21,24,28H,9-20,22H2. The van der Waals surface area contributed by atoms with Crippen LogP contribution in [0, 0.1) is 16.0 Å². The minimum absolute atomic E-state index is 0.212. The summed E-state index contributed by atoms with van der Waals surface area (Å²) in [4.78, 5) is 21.6. The van der Waals surface area contributed by atoms with Crippen molar-refractivity contribution >= 4 is 11.5 Å². The van der Waals surface area contributed by atoms with Crippen molar-refractivity contribution < 1.29 is 27.6 Å². The normalized spacial score (nSPS) is 20.2. The van der Waals surface area contributed by atoms with Gasteiger partial charge in [-0.05, 0) is 78.7 Å². The van der Waals surface area contributed by atoms with E-state index in [4.69, 9.17) is 9.47 Å². The molecular weight excluding hydrogens is 577 g/mol. The number of halogens is 3. The molecule has 0 aliphatic carbocycles. The van der Waals surface area contributed by atoms with Crippen LogP contribution >= 0.6 is 0 Å². The highest BCUT2D eigenvalue weighted by molar-refractivity contribution is 5.49. The molecule has 4 heterocycles. The van der Waals surface area contributed by atoms with Gasteiger partial charge < -0.3 is 24.5 Å². The van der Waals surface area contributed by atoms with Crippen LogP contribution in [0.3, 0.4) is 0 Å². The molecule has 0 radical (unpaired) electrons. The first-order valence-corrected chi connectivity index (χ1v) is 15.2. The van der Waals surface area contributed by atoms with Crippen molar-refractivity contribution in [2.24, 2.45) is 5.92 Å². The van der Waals surface area contributed by atoms with Crippen molar-refractivity contribution in [3.8, 4) is 11.8 Å². The quantitative estimate of drug-likeness (QED) is 0.244. The van der Waals surface area contributed by atoms with Gasteiger partial charge in [0.2, 0.25) is 0 Å². The number of hydrogen-bond donors (Lipinski definition) is 0. The lowest BCUT2D eigenvalue weighted by molar-refractivity contribution is -0.389. The van der Waals surface area contributed by atoms with Crippen LogP contribution in [-0.4, -0.2) is 82.8 Å². The number of fused-ring (bicyclic) bond motifs is 1. The number of imidazole rings is 1. The highest BCUT2D eigenvalue weighted by Gasteiger charge is 2.31. The molecule has 0 N–H and O–H groups in total. The monoisotopic (exact) mass is 614 g/mol. The zero-order valence-electron chi connectivity index (χ0n) is 24.5. The largest absolute Gasteiger partial charge is 0.490 e. The second kappa shape index (κ2) is 13.0. The van der Waals surface area contributed by atoms with Gasteiger partial charge in [0.1, 0.15) is 24.7 Å². The summed E-state index contributed by atoms with van der Waals surface area (Å²) in [5, 5.41) is 11.0. The Morgan fingerprint density at radius 1 is 0.909 bits per heavy atom. The van der Waals surface area contributed by atoms with Crippen LogP contribution < -0.4 is 14.4 Å². The number of aromatic nitrogens is 2. The number of nitrogens with zero attached hydrogens (tertiary/aromatic N) is 6. The number of rotatable bonds is 9. The maximum atomic E-state index is 12.8. The summed E-state index contributed by atoms with van der Waals surface area (Å²) in [5.41, 5.74) is 1.49. The molecule has 1 atom stereocenters. The number of piperidine rings is 1. The molecule has 10 nitrogen and oxygen atoms in total. The molecule has 3 aliphatic heterocycles. The second-order valence-electron chi connectivity index (χ2n) is 11.9. The zero-order chi connectivity index (χ0) is 30.7. The molecule has 44 heavy (non-hydrogen) atoms. The van der Waals surface area contributed by atoms with Crippen molar-refractivity contribution in [2.75, 3.05) is 57.3 Å². The Morgan fingerprint density at radius 3 is 2.27 bits per heavy atom. The van der Waals surface area contributed by atoms with Gasteiger partial charge in [-0.25, -0.2) is 0 Å². The van der Waals surface area contributed by atoms with Gasteiger partial charge in [-0.2, -0.15) is 13.2 Å². The van der Waals surface area contributed by atoms with Gasteiger partial charge >= 0.3 is 18.0 Å². The van der Waals surface area contributed by atoms with Crippen LogP contribution in [0.25, 0.3) is 0 Å². The Morgan fingerprint density at radius 2 is 1.61 bits per heavy atom. The number of benzene rings is 2. The number of piperazine rings is 1. The lowest BCUT2D eigenvalue weighted by atomic mass is 9.95. The number of likely N-dealkylation sites (tertiary alicyclic amines) is 1. The van der Waals surface area contributed by atoms with Gasteiger partial charge in [-0.15, -0.1) is 0 Å². The first-order valence-electron chi connectivity index (χ1n) is 15.2. The molecule has 236 valence electrons. The Bertz CT molecular complexity index is 1400. The Kier molecular flexibility index (Phi) is 8.94. The predicted molar refractivity (Wildman–Crippen MR) is 158 cm³/mol. The number of nitro groups is 1. The molecule has 0 spiro atoms. The molecular formula is C31H37F3N6O4. The molecule has 13 heteroatoms. The molecule has 2 saturated heterocycles. The van der Waals surface area contributed by atoms with Crippen molar-refractivity contribution in [1.29, 1.82) is 0 Å². The lowest BCUT2D eigenvalue weighted by Gasteiger charge is -2.39. The highest BCUT2D eigenvalue weighted by Crippen LogP contribution is 2.30. The highest BCUT2D eigenvalue weighted by atomic mass is 19.4. The van der Waals surface area contributed by atoms with Gasteiger partial charge in [0.15, 0.2) is 0 Å². The van der Waals surface area contributed by atoms with Gasteiger partial charge in [0, 0.05) is 62.9 Å². The molecule has 1 aromatic heterocycles. The fourth-order valence-corrected chi connectivity index (χ4v) is 6.22. The molecule has 2 fully saturated rings. The molecule has 0 bridgehead atoms. The third-order valence-corrected chi connectivity index (χ3v) is 8.80. The van der Waals surface area contributed by atoms with Crippen molar-refractivity contribution in [3.63, 3.8) is 0 Å². The molecule has 2 aromatic carbocycles. The zero-order valence-corrected chi connectivity index (χ0v) is 24.5. The van der Waals surface area contributed by atoms with E-state index in [1.54, 1.807) is 16.7 Å². The second-order valence-corrected chi connectivity index (χ2v) is 11.9. The van der Waals surface area contributed by atoms with Gasteiger partial charge in [-0.3, -0.25) is 14.4 Å². The summed E-state index contributed by atoms with van der Waals surface area (Å²) in [6, 6.07) is 13.9. The fourth-order valence-electron chi connectivity index (χ4n) is 6.22. The van der Waals surface area contributed by atoms with E-state index >= 15 is 0 Å². The van der Waals surface area contributed by atoms with Crippen LogP contribution in [0.15, 0.2) is 54.7 Å². The topological polar surface area (TPSA) is 89.1 Å². The summed E-state index contributed by atoms with van der Waals surface area (Å²) in [5.74, 6) is 1.18. The minimum Gasteiger partial charge on any atom is -0.490 e. The maximum Gasteiger partial charge on any atom is 0.416 e. The molecule has 0 amide bonds. The fraction of sp³-hybridized carbons (Fsp3) is 0.516. The molecule has 3 aliphatic rings. The number of hydrogen-bond acceptors (Lipinski definition) is 8. The average Bonchev–Trinajstić information content (AvgIpc) is 3.46. The summed E-state index contributed by atoms with van der Waals surface area (Å²) in [7, 11) is 0.